The van der Waals surface area contributed by atoms with Crippen LogP contribution >= 0.6 is 11.6 Å². The summed E-state index contributed by atoms with van der Waals surface area (Å²) in [5.74, 6) is -0.261. The lowest BCUT2D eigenvalue weighted by Gasteiger charge is -2.13. The van der Waals surface area contributed by atoms with Gasteiger partial charge < -0.3 is 5.32 Å². The molecule has 8 heteroatoms. The van der Waals surface area contributed by atoms with Gasteiger partial charge in [0.05, 0.1) is 39.5 Å². The number of nitrogens with zero attached hydrogens (tertiary/aromatic N) is 3. The van der Waals surface area contributed by atoms with Gasteiger partial charge in [-0.25, -0.2) is 9.37 Å². The molecule has 4 rings (SSSR count). The van der Waals surface area contributed by atoms with Crippen LogP contribution in [0.15, 0.2) is 65.5 Å². The van der Waals surface area contributed by atoms with Crippen LogP contribution in [-0.2, 0) is 11.3 Å². The van der Waals surface area contributed by atoms with E-state index in [0.29, 0.717) is 46.4 Å². The highest BCUT2D eigenvalue weighted by atomic mass is 35.5. The molecule has 33 heavy (non-hydrogen) atoms. The molecule has 166 valence electrons. The molecule has 0 aliphatic rings. The first-order valence-corrected chi connectivity index (χ1v) is 10.7. The summed E-state index contributed by atoms with van der Waals surface area (Å²) in [6.07, 6.45) is 3.77. The summed E-state index contributed by atoms with van der Waals surface area (Å²) in [6.45, 7) is 2.10. The number of carbonyl (C=O) groups excluding carboxylic acids is 1. The van der Waals surface area contributed by atoms with E-state index in [1.165, 1.54) is 22.8 Å². The van der Waals surface area contributed by atoms with Crippen LogP contribution in [0.2, 0.25) is 5.02 Å². The fourth-order valence-corrected chi connectivity index (χ4v) is 3.54. The first-order chi connectivity index (χ1) is 16.0. The third kappa shape index (κ3) is 4.99. The van der Waals surface area contributed by atoms with E-state index < -0.39 is 11.4 Å². The van der Waals surface area contributed by atoms with Crippen molar-refractivity contribution in [3.05, 3.63) is 99.1 Å². The third-order valence-electron chi connectivity index (χ3n) is 4.97. The van der Waals surface area contributed by atoms with E-state index >= 15 is 0 Å². The number of amides is 1. The van der Waals surface area contributed by atoms with Crippen molar-refractivity contribution in [3.63, 3.8) is 0 Å². The molecule has 0 aliphatic heterocycles. The molecular weight excluding hydrogens is 443 g/mol. The first-order valence-electron chi connectivity index (χ1n) is 10.3. The van der Waals surface area contributed by atoms with Crippen LogP contribution in [0.25, 0.3) is 28.7 Å². The zero-order valence-electron chi connectivity index (χ0n) is 17.8. The van der Waals surface area contributed by atoms with E-state index in [1.54, 1.807) is 49.4 Å². The molecule has 0 radical (unpaired) electrons. The second kappa shape index (κ2) is 9.75. The maximum absolute atomic E-state index is 13.8. The Balaban J connectivity index is 1.79. The summed E-state index contributed by atoms with van der Waals surface area (Å²) in [7, 11) is 0. The zero-order chi connectivity index (χ0) is 23.4. The Morgan fingerprint density at radius 1 is 1.09 bits per heavy atom. The number of aromatic nitrogens is 3. The molecule has 0 spiro atoms. The molecule has 1 amide bonds. The Labute approximate surface area is 194 Å². The number of halogens is 2. The molecule has 6 nitrogen and oxygen atoms in total. The van der Waals surface area contributed by atoms with Crippen molar-refractivity contribution in [2.24, 2.45) is 0 Å². The molecule has 0 saturated carbocycles. The van der Waals surface area contributed by atoms with Gasteiger partial charge in [0.25, 0.3) is 5.56 Å². The molecule has 4 aromatic rings. The molecule has 0 fully saturated rings. The van der Waals surface area contributed by atoms with E-state index in [1.807, 2.05) is 12.1 Å². The predicted molar refractivity (Wildman–Crippen MR) is 128 cm³/mol. The Bertz CT molecular complexity index is 1430. The van der Waals surface area contributed by atoms with E-state index in [4.69, 9.17) is 11.6 Å². The monoisotopic (exact) mass is 462 g/mol. The van der Waals surface area contributed by atoms with Crippen LogP contribution in [0, 0.1) is 5.82 Å². The van der Waals surface area contributed by atoms with Crippen molar-refractivity contribution in [2.45, 2.75) is 19.9 Å². The highest BCUT2D eigenvalue weighted by Gasteiger charge is 2.14. The highest BCUT2D eigenvalue weighted by molar-refractivity contribution is 6.32. The van der Waals surface area contributed by atoms with Gasteiger partial charge in [0.2, 0.25) is 5.91 Å². The first kappa shape index (κ1) is 22.4. The summed E-state index contributed by atoms with van der Waals surface area (Å²) in [4.78, 5) is 33.9. The van der Waals surface area contributed by atoms with E-state index in [-0.39, 0.29) is 11.3 Å². The minimum absolute atomic E-state index is 0.0571. The van der Waals surface area contributed by atoms with Crippen molar-refractivity contribution in [1.82, 2.24) is 19.9 Å². The molecule has 0 aliphatic carbocycles. The second-order valence-corrected chi connectivity index (χ2v) is 7.65. The largest absolute Gasteiger partial charge is 0.350 e. The molecule has 0 saturated heterocycles. The average molecular weight is 463 g/mol. The van der Waals surface area contributed by atoms with Gasteiger partial charge >= 0.3 is 0 Å². The summed E-state index contributed by atoms with van der Waals surface area (Å²) >= 11 is 6.36. The van der Waals surface area contributed by atoms with Crippen LogP contribution < -0.4 is 10.9 Å². The van der Waals surface area contributed by atoms with Crippen molar-refractivity contribution >= 4 is 40.6 Å². The minimum atomic E-state index is -0.522. The number of benzene rings is 2. The molecule has 2 aromatic heterocycles. The van der Waals surface area contributed by atoms with Crippen molar-refractivity contribution < 1.29 is 9.18 Å². The highest BCUT2D eigenvalue weighted by Crippen LogP contribution is 2.22. The summed E-state index contributed by atoms with van der Waals surface area (Å²) < 4.78 is 15.2. The summed E-state index contributed by atoms with van der Waals surface area (Å²) in [5, 5.41) is 3.30. The van der Waals surface area contributed by atoms with E-state index in [2.05, 4.69) is 15.3 Å². The molecule has 2 aromatic carbocycles. The Kier molecular flexibility index (Phi) is 6.60. The lowest BCUT2D eigenvalue weighted by molar-refractivity contribution is -0.120. The fourth-order valence-electron chi connectivity index (χ4n) is 3.32. The van der Waals surface area contributed by atoms with Crippen LogP contribution in [0.3, 0.4) is 0 Å². The lowest BCUT2D eigenvalue weighted by Crippen LogP contribution is -2.22. The maximum Gasteiger partial charge on any atom is 0.266 e. The normalized spacial score (nSPS) is 11.2. The lowest BCUT2D eigenvalue weighted by atomic mass is 10.2. The summed E-state index contributed by atoms with van der Waals surface area (Å²) in [5.41, 5.74) is 1.69. The topological polar surface area (TPSA) is 76.9 Å². The Hall–Kier alpha value is -3.84. The van der Waals surface area contributed by atoms with Gasteiger partial charge in [-0.2, -0.15) is 0 Å². The number of hydrogen-bond donors (Lipinski definition) is 1. The maximum atomic E-state index is 13.8. The van der Waals surface area contributed by atoms with Crippen LogP contribution in [0.4, 0.5) is 4.39 Å². The number of carbonyl (C=O) groups is 1. The number of hydrogen-bond acceptors (Lipinski definition) is 4. The number of pyridine rings is 1. The van der Waals surface area contributed by atoms with Gasteiger partial charge in [-0.3, -0.25) is 19.1 Å². The molecular formula is C25H20ClFN4O2. The predicted octanol–water partition coefficient (Wildman–Crippen LogP) is 4.77. The molecule has 0 atom stereocenters. The van der Waals surface area contributed by atoms with Gasteiger partial charge in [0.15, 0.2) is 0 Å². The van der Waals surface area contributed by atoms with Gasteiger partial charge in [-0.1, -0.05) is 36.7 Å². The quantitative estimate of drug-likeness (QED) is 0.448. The van der Waals surface area contributed by atoms with Crippen molar-refractivity contribution in [3.8, 4) is 5.69 Å². The van der Waals surface area contributed by atoms with Gasteiger partial charge in [-0.15, -0.1) is 0 Å². The van der Waals surface area contributed by atoms with E-state index in [0.717, 1.165) is 0 Å². The van der Waals surface area contributed by atoms with Crippen molar-refractivity contribution in [1.29, 1.82) is 0 Å². The number of para-hydroxylation sites is 1. The average Bonchev–Trinajstić information content (AvgIpc) is 2.83. The number of fused-ring (bicyclic) bond motifs is 1. The Morgan fingerprint density at radius 2 is 1.91 bits per heavy atom. The smallest absolute Gasteiger partial charge is 0.266 e. The minimum Gasteiger partial charge on any atom is -0.350 e. The van der Waals surface area contributed by atoms with Gasteiger partial charge in [0.1, 0.15) is 11.6 Å². The standard InChI is InChI=1S/C25H20ClFN4O2/c1-2-24(32)28-15-18-7-5-6-17(29-18)11-13-23-30-21-12-10-16(27)14-19(21)25(33)31(23)22-9-4-3-8-20(22)26/h3-14H,2,15H2,1H3,(H,28,32). The SMILES string of the molecule is CCC(=O)NCc1cccc(C=Cc2nc3ccc(F)cc3c(=O)n2-c2ccccc2Cl)n1. The molecule has 0 bridgehead atoms. The third-order valence-corrected chi connectivity index (χ3v) is 5.29. The van der Waals surface area contributed by atoms with E-state index in [9.17, 15) is 14.0 Å². The Morgan fingerprint density at radius 3 is 2.70 bits per heavy atom. The van der Waals surface area contributed by atoms with Gasteiger partial charge in [0, 0.05) is 6.42 Å². The molecule has 1 N–H and O–H groups in total. The zero-order valence-corrected chi connectivity index (χ0v) is 18.5. The van der Waals surface area contributed by atoms with Gasteiger partial charge in [-0.05, 0) is 54.6 Å². The summed E-state index contributed by atoms with van der Waals surface area (Å²) in [6, 6.07) is 16.2. The number of rotatable bonds is 6. The number of nitrogens with one attached hydrogen (secondary N) is 1. The van der Waals surface area contributed by atoms with Crippen LogP contribution in [0.5, 0.6) is 0 Å². The fraction of sp³-hybridized carbons (Fsp3) is 0.120. The van der Waals surface area contributed by atoms with Crippen LogP contribution in [0.1, 0.15) is 30.6 Å². The molecule has 2 heterocycles. The van der Waals surface area contributed by atoms with Crippen molar-refractivity contribution in [2.75, 3.05) is 0 Å². The molecule has 0 unspecified atom stereocenters. The second-order valence-electron chi connectivity index (χ2n) is 7.24. The van der Waals surface area contributed by atoms with Crippen LogP contribution in [-0.4, -0.2) is 20.4 Å².